The average Bonchev–Trinajstić information content (AvgIpc) is 3.25. The second-order valence-corrected chi connectivity index (χ2v) is 8.66. The third-order valence-electron chi connectivity index (χ3n) is 3.79. The van der Waals surface area contributed by atoms with E-state index in [4.69, 9.17) is 0 Å². The summed E-state index contributed by atoms with van der Waals surface area (Å²) in [5.41, 5.74) is 2.02. The average molecular weight is 381 g/mol. The summed E-state index contributed by atoms with van der Waals surface area (Å²) in [5.74, 6) is -0.328. The maximum atomic E-state index is 12.3. The van der Waals surface area contributed by atoms with Crippen LogP contribution in [0.2, 0.25) is 0 Å². The van der Waals surface area contributed by atoms with Crippen LogP contribution in [0.3, 0.4) is 0 Å². The lowest BCUT2D eigenvalue weighted by atomic mass is 10.2. The molecule has 0 bridgehead atoms. The fourth-order valence-corrected chi connectivity index (χ4v) is 4.56. The van der Waals surface area contributed by atoms with Crippen LogP contribution in [-0.4, -0.2) is 37.6 Å². The first-order valence-corrected chi connectivity index (χ1v) is 10.2. The Hall–Kier alpha value is -2.04. The van der Waals surface area contributed by atoms with E-state index in [1.807, 2.05) is 24.3 Å². The van der Waals surface area contributed by atoms with Crippen LogP contribution in [0.15, 0.2) is 28.6 Å². The molecule has 25 heavy (non-hydrogen) atoms. The van der Waals surface area contributed by atoms with Crippen molar-refractivity contribution in [2.45, 2.75) is 30.6 Å². The zero-order valence-corrected chi connectivity index (χ0v) is 15.4. The molecule has 10 heteroatoms. The van der Waals surface area contributed by atoms with Crippen LogP contribution in [0.1, 0.15) is 25.3 Å². The van der Waals surface area contributed by atoms with E-state index in [9.17, 15) is 13.2 Å². The number of amides is 1. The SMILES string of the molecule is CC(=O)Nc1nnc(S(=O)(=O)NCc2ccc(N3CCCC3)cc2)s1. The maximum Gasteiger partial charge on any atom is 0.270 e. The molecule has 1 aliphatic heterocycles. The lowest BCUT2D eigenvalue weighted by molar-refractivity contribution is -0.114. The molecule has 0 radical (unpaired) electrons. The van der Waals surface area contributed by atoms with Gasteiger partial charge in [0.1, 0.15) is 0 Å². The summed E-state index contributed by atoms with van der Waals surface area (Å²) in [4.78, 5) is 13.3. The first-order valence-electron chi connectivity index (χ1n) is 7.89. The fraction of sp³-hybridized carbons (Fsp3) is 0.400. The largest absolute Gasteiger partial charge is 0.372 e. The highest BCUT2D eigenvalue weighted by Gasteiger charge is 2.20. The van der Waals surface area contributed by atoms with Gasteiger partial charge in [0.2, 0.25) is 15.4 Å². The summed E-state index contributed by atoms with van der Waals surface area (Å²) in [6.45, 7) is 3.62. The summed E-state index contributed by atoms with van der Waals surface area (Å²) in [6.07, 6.45) is 2.42. The molecular weight excluding hydrogens is 362 g/mol. The highest BCUT2D eigenvalue weighted by Crippen LogP contribution is 2.22. The van der Waals surface area contributed by atoms with Gasteiger partial charge in [0, 0.05) is 32.2 Å². The van der Waals surface area contributed by atoms with Gasteiger partial charge in [-0.3, -0.25) is 4.79 Å². The zero-order chi connectivity index (χ0) is 17.9. The lowest BCUT2D eigenvalue weighted by Gasteiger charge is -2.17. The predicted octanol–water partition coefficient (Wildman–Crippen LogP) is 1.58. The van der Waals surface area contributed by atoms with E-state index in [0.717, 1.165) is 35.7 Å². The Labute approximate surface area is 150 Å². The monoisotopic (exact) mass is 381 g/mol. The molecule has 0 saturated carbocycles. The number of carbonyl (C=O) groups is 1. The molecule has 8 nitrogen and oxygen atoms in total. The number of aromatic nitrogens is 2. The predicted molar refractivity (Wildman–Crippen MR) is 96.1 cm³/mol. The molecule has 1 aromatic heterocycles. The van der Waals surface area contributed by atoms with Crippen molar-refractivity contribution in [2.75, 3.05) is 23.3 Å². The number of rotatable bonds is 6. The van der Waals surface area contributed by atoms with E-state index >= 15 is 0 Å². The zero-order valence-electron chi connectivity index (χ0n) is 13.7. The van der Waals surface area contributed by atoms with Crippen molar-refractivity contribution < 1.29 is 13.2 Å². The second-order valence-electron chi connectivity index (χ2n) is 5.74. The van der Waals surface area contributed by atoms with Crippen LogP contribution >= 0.6 is 11.3 Å². The minimum absolute atomic E-state index is 0.155. The fourth-order valence-electron chi connectivity index (χ4n) is 2.56. The van der Waals surface area contributed by atoms with Gasteiger partial charge in [-0.05, 0) is 30.5 Å². The van der Waals surface area contributed by atoms with E-state index in [-0.39, 0.29) is 21.9 Å². The molecular formula is C15H19N5O3S2. The Morgan fingerprint density at radius 3 is 2.52 bits per heavy atom. The second kappa shape index (κ2) is 7.46. The van der Waals surface area contributed by atoms with Gasteiger partial charge in [-0.25, -0.2) is 13.1 Å². The molecule has 2 aromatic rings. The molecule has 0 spiro atoms. The normalized spacial score (nSPS) is 14.7. The molecule has 1 amide bonds. The number of benzene rings is 1. The standard InChI is InChI=1S/C15H19N5O3S2/c1-11(21)17-14-18-19-15(24-14)25(22,23)16-10-12-4-6-13(7-5-12)20-8-2-3-9-20/h4-7,16H,2-3,8-10H2,1H3,(H,17,18,21). The third kappa shape index (κ3) is 4.53. The topological polar surface area (TPSA) is 104 Å². The maximum absolute atomic E-state index is 12.3. The van der Waals surface area contributed by atoms with Crippen molar-refractivity contribution in [3.8, 4) is 0 Å². The molecule has 1 aliphatic rings. The minimum atomic E-state index is -3.77. The minimum Gasteiger partial charge on any atom is -0.372 e. The summed E-state index contributed by atoms with van der Waals surface area (Å²) in [5, 5.41) is 9.83. The highest BCUT2D eigenvalue weighted by molar-refractivity contribution is 7.91. The van der Waals surface area contributed by atoms with Gasteiger partial charge < -0.3 is 10.2 Å². The molecule has 1 fully saturated rings. The molecule has 0 unspecified atom stereocenters. The number of hydrogen-bond donors (Lipinski definition) is 2. The Kier molecular flexibility index (Phi) is 5.30. The summed E-state index contributed by atoms with van der Waals surface area (Å²) < 4.78 is 26.8. The molecule has 3 rings (SSSR count). The van der Waals surface area contributed by atoms with Gasteiger partial charge in [0.15, 0.2) is 0 Å². The van der Waals surface area contributed by atoms with E-state index < -0.39 is 10.0 Å². The molecule has 134 valence electrons. The van der Waals surface area contributed by atoms with Gasteiger partial charge in [-0.2, -0.15) is 0 Å². The molecule has 1 saturated heterocycles. The summed E-state index contributed by atoms with van der Waals surface area (Å²) in [6, 6.07) is 7.85. The highest BCUT2D eigenvalue weighted by atomic mass is 32.2. The third-order valence-corrected chi connectivity index (χ3v) is 6.40. The number of nitrogens with one attached hydrogen (secondary N) is 2. The van der Waals surface area contributed by atoms with Crippen molar-refractivity contribution in [3.05, 3.63) is 29.8 Å². The molecule has 1 aromatic carbocycles. The van der Waals surface area contributed by atoms with Crippen LogP contribution in [0, 0.1) is 0 Å². The number of anilines is 2. The summed E-state index contributed by atoms with van der Waals surface area (Å²) in [7, 11) is -3.77. The van der Waals surface area contributed by atoms with Crippen molar-refractivity contribution >= 4 is 38.1 Å². The Morgan fingerprint density at radius 1 is 1.20 bits per heavy atom. The van der Waals surface area contributed by atoms with E-state index in [0.29, 0.717) is 0 Å². The molecule has 0 aliphatic carbocycles. The molecule has 0 atom stereocenters. The van der Waals surface area contributed by atoms with Crippen molar-refractivity contribution in [2.24, 2.45) is 0 Å². The number of nitrogens with zero attached hydrogens (tertiary/aromatic N) is 3. The van der Waals surface area contributed by atoms with E-state index in [1.54, 1.807) is 0 Å². The quantitative estimate of drug-likeness (QED) is 0.736. The van der Waals surface area contributed by atoms with Crippen molar-refractivity contribution in [3.63, 3.8) is 0 Å². The molecule has 2 heterocycles. The Balaban J connectivity index is 1.61. The van der Waals surface area contributed by atoms with Crippen LogP contribution in [0.25, 0.3) is 0 Å². The van der Waals surface area contributed by atoms with Crippen LogP contribution in [0.5, 0.6) is 0 Å². The molecule has 2 N–H and O–H groups in total. The number of hydrogen-bond acceptors (Lipinski definition) is 7. The number of sulfonamides is 1. The summed E-state index contributed by atoms with van der Waals surface area (Å²) >= 11 is 0.811. The lowest BCUT2D eigenvalue weighted by Crippen LogP contribution is -2.23. The van der Waals surface area contributed by atoms with Crippen LogP contribution < -0.4 is 14.9 Å². The Morgan fingerprint density at radius 2 is 1.88 bits per heavy atom. The van der Waals surface area contributed by atoms with Gasteiger partial charge in [0.25, 0.3) is 10.0 Å². The smallest absolute Gasteiger partial charge is 0.270 e. The Bertz CT molecular complexity index is 842. The van der Waals surface area contributed by atoms with Gasteiger partial charge in [-0.1, -0.05) is 23.5 Å². The number of carbonyl (C=O) groups excluding carboxylic acids is 1. The van der Waals surface area contributed by atoms with Crippen molar-refractivity contribution in [1.82, 2.24) is 14.9 Å². The van der Waals surface area contributed by atoms with E-state index in [2.05, 4.69) is 25.1 Å². The van der Waals surface area contributed by atoms with Crippen LogP contribution in [0.4, 0.5) is 10.8 Å². The van der Waals surface area contributed by atoms with Gasteiger partial charge in [-0.15, -0.1) is 10.2 Å². The van der Waals surface area contributed by atoms with Crippen molar-refractivity contribution in [1.29, 1.82) is 0 Å². The van der Waals surface area contributed by atoms with Crippen LogP contribution in [-0.2, 0) is 21.4 Å². The first-order chi connectivity index (χ1) is 11.9. The van der Waals surface area contributed by atoms with E-state index in [1.165, 1.54) is 19.8 Å². The van der Waals surface area contributed by atoms with Gasteiger partial charge >= 0.3 is 0 Å². The van der Waals surface area contributed by atoms with Gasteiger partial charge in [0.05, 0.1) is 0 Å². The first kappa shape index (κ1) is 17.8.